The Hall–Kier alpha value is -2.29. The molecule has 0 saturated carbocycles. The number of rotatable bonds is 0. The highest BCUT2D eigenvalue weighted by molar-refractivity contribution is 5.94. The first-order valence-corrected chi connectivity index (χ1v) is 7.70. The zero-order valence-corrected chi connectivity index (χ0v) is 13.0. The average Bonchev–Trinajstić information content (AvgIpc) is 2.70. The minimum Gasteiger partial charge on any atom is -0.467 e. The van der Waals surface area contributed by atoms with Crippen molar-refractivity contribution < 1.29 is 9.53 Å². The highest BCUT2D eigenvalue weighted by Gasteiger charge is 2.49. The molecule has 3 nitrogen and oxygen atoms in total. The van der Waals surface area contributed by atoms with Crippen molar-refractivity contribution in [2.45, 2.75) is 32.4 Å². The maximum atomic E-state index is 12.2. The number of hydrogen-bond donors (Lipinski definition) is 1. The molecule has 0 spiro atoms. The molecule has 2 aliphatic rings. The van der Waals surface area contributed by atoms with Crippen molar-refractivity contribution >= 4 is 16.7 Å². The van der Waals surface area contributed by atoms with E-state index in [0.29, 0.717) is 0 Å². The van der Waals surface area contributed by atoms with Gasteiger partial charge in [-0.2, -0.15) is 0 Å². The van der Waals surface area contributed by atoms with Crippen LogP contribution < -0.4 is 10.1 Å². The van der Waals surface area contributed by atoms with Crippen LogP contribution in [0.1, 0.15) is 32.3 Å². The number of nitrogens with one attached hydrogen (secondary N) is 1. The number of fused-ring (bicyclic) bond motifs is 4. The Balaban J connectivity index is 1.92. The zero-order chi connectivity index (χ0) is 15.5. The summed E-state index contributed by atoms with van der Waals surface area (Å²) in [6, 6.07) is 12.6. The van der Waals surface area contributed by atoms with Gasteiger partial charge in [0, 0.05) is 11.1 Å². The van der Waals surface area contributed by atoms with Gasteiger partial charge >= 0.3 is 0 Å². The van der Waals surface area contributed by atoms with Crippen molar-refractivity contribution in [2.75, 3.05) is 0 Å². The monoisotopic (exact) mass is 293 g/mol. The minimum atomic E-state index is -0.690. The third-order valence-electron chi connectivity index (χ3n) is 4.89. The molecule has 0 saturated heterocycles. The van der Waals surface area contributed by atoms with E-state index in [1.165, 1.54) is 10.9 Å². The molecule has 2 aliphatic heterocycles. The van der Waals surface area contributed by atoms with Crippen molar-refractivity contribution in [1.29, 1.82) is 0 Å². The number of allylic oxidation sites excluding steroid dienone is 1. The van der Waals surface area contributed by atoms with Crippen molar-refractivity contribution in [3.8, 4) is 5.75 Å². The van der Waals surface area contributed by atoms with Crippen LogP contribution in [0.15, 0.2) is 48.0 Å². The molecule has 0 aromatic heterocycles. The first-order chi connectivity index (χ1) is 10.5. The fourth-order valence-electron chi connectivity index (χ4n) is 3.94. The lowest BCUT2D eigenvalue weighted by molar-refractivity contribution is -0.122. The Morgan fingerprint density at radius 3 is 2.59 bits per heavy atom. The summed E-state index contributed by atoms with van der Waals surface area (Å²) in [6.45, 7) is 5.99. The number of ether oxygens (including phenoxy) is 1. The molecule has 1 N–H and O–H groups in total. The van der Waals surface area contributed by atoms with Gasteiger partial charge in [0.15, 0.2) is 5.72 Å². The number of amides is 1. The second-order valence-electron chi connectivity index (χ2n) is 6.59. The molecular formula is C19H19NO2. The summed E-state index contributed by atoms with van der Waals surface area (Å²) in [5.41, 5.74) is 1.25. The number of hydrogen-bond acceptors (Lipinski definition) is 2. The molecule has 0 fully saturated rings. The first-order valence-electron chi connectivity index (χ1n) is 7.70. The molecular weight excluding hydrogens is 274 g/mol. The van der Waals surface area contributed by atoms with Gasteiger partial charge < -0.3 is 10.1 Å². The largest absolute Gasteiger partial charge is 0.467 e. The van der Waals surface area contributed by atoms with Gasteiger partial charge in [0.1, 0.15) is 5.75 Å². The summed E-state index contributed by atoms with van der Waals surface area (Å²) in [4.78, 5) is 12.2. The lowest BCUT2D eigenvalue weighted by Gasteiger charge is -2.32. The maximum Gasteiger partial charge on any atom is 0.249 e. The Morgan fingerprint density at radius 2 is 1.86 bits per heavy atom. The highest BCUT2D eigenvalue weighted by Crippen LogP contribution is 2.50. The van der Waals surface area contributed by atoms with Crippen molar-refractivity contribution in [3.63, 3.8) is 0 Å². The van der Waals surface area contributed by atoms with Gasteiger partial charge in [-0.25, -0.2) is 0 Å². The Labute approximate surface area is 130 Å². The van der Waals surface area contributed by atoms with Gasteiger partial charge in [-0.15, -0.1) is 0 Å². The first kappa shape index (κ1) is 13.4. The van der Waals surface area contributed by atoms with Crippen LogP contribution in [0.5, 0.6) is 5.75 Å². The van der Waals surface area contributed by atoms with E-state index >= 15 is 0 Å². The van der Waals surface area contributed by atoms with E-state index in [4.69, 9.17) is 4.74 Å². The minimum absolute atomic E-state index is 0.0470. The molecule has 3 heteroatoms. The molecule has 2 heterocycles. The van der Waals surface area contributed by atoms with E-state index in [1.54, 1.807) is 0 Å². The second kappa shape index (κ2) is 4.35. The van der Waals surface area contributed by atoms with Crippen LogP contribution in [0.3, 0.4) is 0 Å². The summed E-state index contributed by atoms with van der Waals surface area (Å²) in [7, 11) is 0. The quantitative estimate of drug-likeness (QED) is 0.803. The molecule has 2 aromatic carbocycles. The summed E-state index contributed by atoms with van der Waals surface area (Å²) >= 11 is 0. The Kier molecular flexibility index (Phi) is 2.65. The molecule has 112 valence electrons. The van der Waals surface area contributed by atoms with Crippen LogP contribution in [0, 0.1) is 5.92 Å². The number of carbonyl (C=O) groups is 1. The molecule has 2 aromatic rings. The summed E-state index contributed by atoms with van der Waals surface area (Å²) in [6.07, 6.45) is 2.05. The van der Waals surface area contributed by atoms with Crippen molar-refractivity contribution in [1.82, 2.24) is 5.32 Å². The molecule has 3 atom stereocenters. The molecule has 3 unspecified atom stereocenters. The maximum absolute atomic E-state index is 12.2. The lowest BCUT2D eigenvalue weighted by atomic mass is 9.81. The van der Waals surface area contributed by atoms with Crippen LogP contribution in [0.25, 0.3) is 10.8 Å². The molecule has 4 rings (SSSR count). The second-order valence-corrected chi connectivity index (χ2v) is 6.59. The van der Waals surface area contributed by atoms with Crippen molar-refractivity contribution in [3.05, 3.63) is 53.6 Å². The van der Waals surface area contributed by atoms with Gasteiger partial charge in [0.25, 0.3) is 0 Å². The Bertz CT molecular complexity index is 823. The molecule has 0 bridgehead atoms. The van der Waals surface area contributed by atoms with Crippen LogP contribution in [-0.2, 0) is 4.79 Å². The predicted octanol–water partition coefficient (Wildman–Crippen LogP) is 3.74. The van der Waals surface area contributed by atoms with Gasteiger partial charge in [-0.3, -0.25) is 4.79 Å². The Morgan fingerprint density at radius 1 is 1.18 bits per heavy atom. The third-order valence-corrected chi connectivity index (χ3v) is 4.89. The van der Waals surface area contributed by atoms with Crippen molar-refractivity contribution in [2.24, 2.45) is 5.92 Å². The fourth-order valence-corrected chi connectivity index (χ4v) is 3.94. The highest BCUT2D eigenvalue weighted by atomic mass is 16.5. The number of benzene rings is 2. The van der Waals surface area contributed by atoms with E-state index in [-0.39, 0.29) is 17.7 Å². The van der Waals surface area contributed by atoms with E-state index in [0.717, 1.165) is 16.7 Å². The van der Waals surface area contributed by atoms with E-state index in [9.17, 15) is 4.79 Å². The van der Waals surface area contributed by atoms with Gasteiger partial charge in [0.05, 0.1) is 5.92 Å². The third kappa shape index (κ3) is 1.78. The SMILES string of the molecule is CC1=CC(C)C2c3cc4ccccc4cc3OC2(C)NC1=O. The molecule has 1 amide bonds. The number of carbonyl (C=O) groups excluding carboxylic acids is 1. The molecule has 0 aliphatic carbocycles. The van der Waals surface area contributed by atoms with Crippen LogP contribution in [0.4, 0.5) is 0 Å². The van der Waals surface area contributed by atoms with Gasteiger partial charge in [-0.1, -0.05) is 37.3 Å². The predicted molar refractivity (Wildman–Crippen MR) is 86.8 cm³/mol. The normalized spacial score (nSPS) is 30.0. The fraction of sp³-hybridized carbons (Fsp3) is 0.316. The summed E-state index contributed by atoms with van der Waals surface area (Å²) in [5, 5.41) is 5.43. The van der Waals surface area contributed by atoms with Crippen LogP contribution >= 0.6 is 0 Å². The van der Waals surface area contributed by atoms with E-state index < -0.39 is 5.72 Å². The zero-order valence-electron chi connectivity index (χ0n) is 13.0. The lowest BCUT2D eigenvalue weighted by Crippen LogP contribution is -2.52. The topological polar surface area (TPSA) is 38.3 Å². The van der Waals surface area contributed by atoms with E-state index in [1.807, 2.05) is 26.0 Å². The van der Waals surface area contributed by atoms with Gasteiger partial charge in [0.2, 0.25) is 5.91 Å². The smallest absolute Gasteiger partial charge is 0.249 e. The summed E-state index contributed by atoms with van der Waals surface area (Å²) in [5.74, 6) is 1.18. The van der Waals surface area contributed by atoms with E-state index in [2.05, 4.69) is 42.6 Å². The standard InChI is InChI=1S/C19H19NO2/c1-11-8-12(2)18(21)20-19(3)17(11)15-9-13-6-4-5-7-14(13)10-16(15)22-19/h4-11,17H,1-3H3,(H,20,21). The summed E-state index contributed by atoms with van der Waals surface area (Å²) < 4.78 is 6.21. The van der Waals surface area contributed by atoms with Crippen LogP contribution in [-0.4, -0.2) is 11.6 Å². The molecule has 22 heavy (non-hydrogen) atoms. The van der Waals surface area contributed by atoms with Gasteiger partial charge in [-0.05, 0) is 42.7 Å². The van der Waals surface area contributed by atoms with Crippen LogP contribution in [0.2, 0.25) is 0 Å². The average molecular weight is 293 g/mol. The molecule has 0 radical (unpaired) electrons.